The Kier molecular flexibility index (Phi) is 5.33. The van der Waals surface area contributed by atoms with Crippen molar-refractivity contribution < 1.29 is 18.5 Å². The normalized spacial score (nSPS) is 15.0. The lowest BCUT2D eigenvalue weighted by Crippen LogP contribution is -2.13. The van der Waals surface area contributed by atoms with E-state index in [9.17, 15) is 9.46 Å². The zero-order valence-corrected chi connectivity index (χ0v) is 14.3. The summed E-state index contributed by atoms with van der Waals surface area (Å²) < 4.78 is 21.7. The summed E-state index contributed by atoms with van der Waals surface area (Å²) in [7, 11) is -4.51. The van der Waals surface area contributed by atoms with Crippen LogP contribution in [-0.4, -0.2) is 0 Å². The first-order chi connectivity index (χ1) is 9.85. The monoisotopic (exact) mass is 389 g/mol. The van der Waals surface area contributed by atoms with Crippen LogP contribution in [0.25, 0.3) is 0 Å². The van der Waals surface area contributed by atoms with Crippen LogP contribution in [-0.2, 0) is 4.57 Å². The fourth-order valence-electron chi connectivity index (χ4n) is 1.59. The molecule has 0 amide bonds. The molecule has 0 fully saturated rings. The van der Waals surface area contributed by atoms with Gasteiger partial charge in [-0.2, -0.15) is 0 Å². The lowest BCUT2D eigenvalue weighted by molar-refractivity contribution is -0.208. The van der Waals surface area contributed by atoms with Gasteiger partial charge in [0.1, 0.15) is 11.5 Å². The zero-order chi connectivity index (χ0) is 15.5. The highest BCUT2D eigenvalue weighted by atomic mass is 79.9. The molecule has 2 aromatic rings. The van der Waals surface area contributed by atoms with Crippen molar-refractivity contribution in [3.63, 3.8) is 0 Å². The number of alkyl halides is 1. The number of hydrogen-bond acceptors (Lipinski definition) is 4. The van der Waals surface area contributed by atoms with Crippen molar-refractivity contribution >= 4 is 35.4 Å². The molecule has 0 aliphatic rings. The topological polar surface area (TPSA) is 58.6 Å². The maximum Gasteiger partial charge on any atom is 0.372 e. The average Bonchev–Trinajstić information content (AvgIpc) is 2.41. The molecule has 0 aliphatic heterocycles. The van der Waals surface area contributed by atoms with Crippen LogP contribution >= 0.6 is 35.4 Å². The minimum absolute atomic E-state index is 0.0873. The summed E-state index contributed by atoms with van der Waals surface area (Å²) in [5, 5.41) is 0.489. The summed E-state index contributed by atoms with van der Waals surface area (Å²) in [6.45, 7) is 1.93. The third kappa shape index (κ3) is 5.04. The Balaban J connectivity index is 2.11. The van der Waals surface area contributed by atoms with Crippen LogP contribution in [0.2, 0.25) is 5.02 Å². The molecule has 112 valence electrons. The molecule has 2 aromatic carbocycles. The van der Waals surface area contributed by atoms with Gasteiger partial charge >= 0.3 is 7.82 Å². The van der Waals surface area contributed by atoms with Crippen molar-refractivity contribution in [3.8, 4) is 11.5 Å². The highest BCUT2D eigenvalue weighted by Gasteiger charge is 2.14. The molecule has 2 rings (SSSR count). The van der Waals surface area contributed by atoms with Crippen molar-refractivity contribution in [2.75, 3.05) is 0 Å². The molecule has 21 heavy (non-hydrogen) atoms. The molecule has 2 atom stereocenters. The van der Waals surface area contributed by atoms with E-state index in [1.807, 2.05) is 13.0 Å². The van der Waals surface area contributed by atoms with Crippen molar-refractivity contribution in [1.29, 1.82) is 0 Å². The van der Waals surface area contributed by atoms with Gasteiger partial charge in [-0.1, -0.05) is 39.7 Å². The number of hydrogen-bond donors (Lipinski definition) is 0. The van der Waals surface area contributed by atoms with Gasteiger partial charge in [-0.25, -0.2) is 4.57 Å². The Morgan fingerprint density at radius 3 is 2.38 bits per heavy atom. The number of benzene rings is 2. The van der Waals surface area contributed by atoms with Crippen LogP contribution < -0.4 is 13.9 Å². The Labute approximate surface area is 136 Å². The van der Waals surface area contributed by atoms with Gasteiger partial charge in [0.15, 0.2) is 0 Å². The predicted octanol–water partition coefficient (Wildman–Crippen LogP) is 4.72. The molecule has 4 nitrogen and oxygen atoms in total. The Bertz CT molecular complexity index is 660. The van der Waals surface area contributed by atoms with E-state index >= 15 is 0 Å². The Hall–Kier alpha value is -1.00. The smallest absolute Gasteiger partial charge is 0.372 e. The lowest BCUT2D eigenvalue weighted by Gasteiger charge is -2.24. The van der Waals surface area contributed by atoms with Crippen LogP contribution in [0.15, 0.2) is 48.5 Å². The summed E-state index contributed by atoms with van der Waals surface area (Å²) in [5.41, 5.74) is 0.902. The van der Waals surface area contributed by atoms with E-state index in [-0.39, 0.29) is 16.3 Å². The predicted molar refractivity (Wildman–Crippen MR) is 84.1 cm³/mol. The molecule has 0 heterocycles. The second-order valence-electron chi connectivity index (χ2n) is 4.27. The standard InChI is InChI=1S/C14H13BrClO4P/c1-10(15)11-3-2-4-14(9-11)20-21(17,18)19-13-7-5-12(16)6-8-13/h2-10H,1H3,(H,17,18)/p-1. The van der Waals surface area contributed by atoms with Gasteiger partial charge in [0.25, 0.3) is 0 Å². The van der Waals surface area contributed by atoms with Gasteiger partial charge in [0.2, 0.25) is 0 Å². The average molecular weight is 391 g/mol. The van der Waals surface area contributed by atoms with E-state index in [0.717, 1.165) is 5.56 Å². The molecule has 0 aliphatic carbocycles. The van der Waals surface area contributed by atoms with Crippen LogP contribution in [0.1, 0.15) is 17.3 Å². The van der Waals surface area contributed by atoms with Crippen molar-refractivity contribution in [1.82, 2.24) is 0 Å². The fourth-order valence-corrected chi connectivity index (χ4v) is 2.79. The first kappa shape index (κ1) is 16.4. The van der Waals surface area contributed by atoms with Crippen molar-refractivity contribution in [2.45, 2.75) is 11.8 Å². The van der Waals surface area contributed by atoms with Crippen molar-refractivity contribution in [3.05, 3.63) is 59.1 Å². The fraction of sp³-hybridized carbons (Fsp3) is 0.143. The van der Waals surface area contributed by atoms with Gasteiger partial charge in [0, 0.05) is 9.85 Å². The number of phosphoric ester groups is 1. The highest BCUT2D eigenvalue weighted by molar-refractivity contribution is 9.09. The van der Waals surface area contributed by atoms with Gasteiger partial charge < -0.3 is 13.9 Å². The first-order valence-corrected chi connectivity index (χ1v) is 8.81. The van der Waals surface area contributed by atoms with Crippen LogP contribution in [0.5, 0.6) is 11.5 Å². The molecule has 0 radical (unpaired) electrons. The maximum absolute atomic E-state index is 11.9. The molecule has 0 saturated heterocycles. The SMILES string of the molecule is CC(Br)c1cccc(OP(=O)([O-])Oc2ccc(Cl)cc2)c1. The van der Waals surface area contributed by atoms with E-state index in [1.165, 1.54) is 24.3 Å². The Morgan fingerprint density at radius 1 is 1.14 bits per heavy atom. The summed E-state index contributed by atoms with van der Waals surface area (Å²) in [6, 6.07) is 12.7. The number of rotatable bonds is 5. The second kappa shape index (κ2) is 6.84. The summed E-state index contributed by atoms with van der Waals surface area (Å²) >= 11 is 9.13. The summed E-state index contributed by atoms with van der Waals surface area (Å²) in [5.74, 6) is 0.342. The van der Waals surface area contributed by atoms with Crippen LogP contribution in [0.3, 0.4) is 0 Å². The molecule has 0 saturated carbocycles. The van der Waals surface area contributed by atoms with Gasteiger partial charge in [-0.3, -0.25) is 0 Å². The Morgan fingerprint density at radius 2 is 1.76 bits per heavy atom. The third-order valence-corrected chi connectivity index (χ3v) is 4.21. The van der Waals surface area contributed by atoms with E-state index in [0.29, 0.717) is 5.02 Å². The molecular formula is C14H12BrClO4P-. The molecular weight excluding hydrogens is 378 g/mol. The van der Waals surface area contributed by atoms with E-state index in [1.54, 1.807) is 18.2 Å². The summed E-state index contributed by atoms with van der Waals surface area (Å²) in [6.07, 6.45) is 0. The first-order valence-electron chi connectivity index (χ1n) is 6.05. The third-order valence-electron chi connectivity index (χ3n) is 2.57. The van der Waals surface area contributed by atoms with Gasteiger partial charge in [-0.05, 0) is 48.9 Å². The number of halogens is 2. The largest absolute Gasteiger partial charge is 0.736 e. The molecule has 7 heteroatoms. The second-order valence-corrected chi connectivity index (χ2v) is 7.34. The van der Waals surface area contributed by atoms with Crippen molar-refractivity contribution in [2.24, 2.45) is 0 Å². The zero-order valence-electron chi connectivity index (χ0n) is 11.0. The minimum atomic E-state index is -4.51. The highest BCUT2D eigenvalue weighted by Crippen LogP contribution is 2.41. The van der Waals surface area contributed by atoms with E-state index in [4.69, 9.17) is 20.6 Å². The van der Waals surface area contributed by atoms with Gasteiger partial charge in [0.05, 0.1) is 0 Å². The number of phosphoric acid groups is 1. The van der Waals surface area contributed by atoms with E-state index in [2.05, 4.69) is 15.9 Å². The van der Waals surface area contributed by atoms with Crippen LogP contribution in [0.4, 0.5) is 0 Å². The minimum Gasteiger partial charge on any atom is -0.736 e. The molecule has 0 aromatic heterocycles. The molecule has 0 N–H and O–H groups in total. The van der Waals surface area contributed by atoms with E-state index < -0.39 is 7.82 Å². The lowest BCUT2D eigenvalue weighted by atomic mass is 10.2. The van der Waals surface area contributed by atoms with Gasteiger partial charge in [-0.15, -0.1) is 0 Å². The molecule has 2 unspecified atom stereocenters. The van der Waals surface area contributed by atoms with Crippen LogP contribution in [0, 0.1) is 0 Å². The summed E-state index contributed by atoms with van der Waals surface area (Å²) in [4.78, 5) is 12.0. The quantitative estimate of drug-likeness (QED) is 0.547. The molecule has 0 spiro atoms. The molecule has 0 bridgehead atoms. The maximum atomic E-state index is 11.9.